The van der Waals surface area contributed by atoms with Crippen LogP contribution < -0.4 is 5.32 Å². The van der Waals surface area contributed by atoms with E-state index in [-0.39, 0.29) is 12.5 Å². The molecular formula is C24H27N3O3S. The SMILES string of the molecule is CC.O=C(Nc1nc(-c2ccccc2)cs1)[C@@H]1CCCN1C(=O)OCc1ccccc1. The number of hydrogen-bond acceptors (Lipinski definition) is 5. The molecule has 1 saturated heterocycles. The molecule has 0 aliphatic carbocycles. The van der Waals surface area contributed by atoms with Crippen LogP contribution >= 0.6 is 11.3 Å². The first-order valence-electron chi connectivity index (χ1n) is 10.5. The van der Waals surface area contributed by atoms with Crippen molar-refractivity contribution in [3.63, 3.8) is 0 Å². The van der Waals surface area contributed by atoms with Gasteiger partial charge in [0.2, 0.25) is 5.91 Å². The minimum atomic E-state index is -0.539. The molecule has 0 unspecified atom stereocenters. The summed E-state index contributed by atoms with van der Waals surface area (Å²) >= 11 is 1.37. The van der Waals surface area contributed by atoms with E-state index in [1.54, 1.807) is 0 Å². The van der Waals surface area contributed by atoms with E-state index in [0.717, 1.165) is 23.2 Å². The van der Waals surface area contributed by atoms with Gasteiger partial charge in [-0.1, -0.05) is 74.5 Å². The number of nitrogens with one attached hydrogen (secondary N) is 1. The van der Waals surface area contributed by atoms with Crippen molar-refractivity contribution in [3.05, 3.63) is 71.6 Å². The number of nitrogens with zero attached hydrogens (tertiary/aromatic N) is 2. The Labute approximate surface area is 186 Å². The molecular weight excluding hydrogens is 410 g/mol. The molecule has 0 spiro atoms. The lowest BCUT2D eigenvalue weighted by Crippen LogP contribution is -2.43. The van der Waals surface area contributed by atoms with Crippen molar-refractivity contribution in [2.75, 3.05) is 11.9 Å². The zero-order valence-electron chi connectivity index (χ0n) is 17.8. The van der Waals surface area contributed by atoms with Crippen LogP contribution in [-0.4, -0.2) is 34.5 Å². The number of carbonyl (C=O) groups is 2. The van der Waals surface area contributed by atoms with Gasteiger partial charge in [-0.05, 0) is 18.4 Å². The van der Waals surface area contributed by atoms with E-state index in [2.05, 4.69) is 10.3 Å². The molecule has 1 N–H and O–H groups in total. The van der Waals surface area contributed by atoms with E-state index >= 15 is 0 Å². The van der Waals surface area contributed by atoms with Crippen LogP contribution in [0, 0.1) is 0 Å². The lowest BCUT2D eigenvalue weighted by Gasteiger charge is -2.22. The standard InChI is InChI=1S/C22H21N3O3S.C2H6/c26-20(24-21-23-18(15-29-21)17-10-5-2-6-11-17)19-12-7-13-25(19)22(27)28-14-16-8-3-1-4-9-16;1-2/h1-6,8-11,15,19H,7,12-14H2,(H,23,24,26);1-2H3/t19-;/m0./s1. The van der Waals surface area contributed by atoms with Gasteiger partial charge in [-0.25, -0.2) is 9.78 Å². The molecule has 0 radical (unpaired) electrons. The van der Waals surface area contributed by atoms with Gasteiger partial charge in [-0.15, -0.1) is 11.3 Å². The summed E-state index contributed by atoms with van der Waals surface area (Å²) < 4.78 is 5.40. The highest BCUT2D eigenvalue weighted by atomic mass is 32.1. The molecule has 1 fully saturated rings. The van der Waals surface area contributed by atoms with Crippen molar-refractivity contribution in [3.8, 4) is 11.3 Å². The van der Waals surface area contributed by atoms with Crippen LogP contribution in [0.2, 0.25) is 0 Å². The molecule has 31 heavy (non-hydrogen) atoms. The Hall–Kier alpha value is -3.19. The van der Waals surface area contributed by atoms with Gasteiger partial charge >= 0.3 is 6.09 Å². The van der Waals surface area contributed by atoms with E-state index in [0.29, 0.717) is 18.1 Å². The summed E-state index contributed by atoms with van der Waals surface area (Å²) in [5.74, 6) is -0.229. The Balaban J connectivity index is 0.00000132. The number of ether oxygens (including phenoxy) is 1. The van der Waals surface area contributed by atoms with Crippen LogP contribution in [0.1, 0.15) is 32.3 Å². The van der Waals surface area contributed by atoms with Crippen molar-refractivity contribution in [1.82, 2.24) is 9.88 Å². The first kappa shape index (κ1) is 22.5. The number of rotatable bonds is 5. The van der Waals surface area contributed by atoms with Gasteiger partial charge in [0, 0.05) is 17.5 Å². The van der Waals surface area contributed by atoms with Gasteiger partial charge in [0.25, 0.3) is 0 Å². The number of likely N-dealkylation sites (tertiary alicyclic amines) is 1. The highest BCUT2D eigenvalue weighted by Gasteiger charge is 2.35. The first-order valence-corrected chi connectivity index (χ1v) is 11.4. The topological polar surface area (TPSA) is 71.5 Å². The summed E-state index contributed by atoms with van der Waals surface area (Å²) in [5, 5.41) is 5.29. The van der Waals surface area contributed by atoms with Crippen LogP contribution in [0.25, 0.3) is 11.3 Å². The predicted molar refractivity (Wildman–Crippen MR) is 124 cm³/mol. The van der Waals surface area contributed by atoms with E-state index in [9.17, 15) is 9.59 Å². The number of amides is 2. The Kier molecular flexibility index (Phi) is 8.18. The van der Waals surface area contributed by atoms with Crippen LogP contribution in [-0.2, 0) is 16.1 Å². The highest BCUT2D eigenvalue weighted by molar-refractivity contribution is 7.14. The third-order valence-electron chi connectivity index (χ3n) is 4.80. The van der Waals surface area contributed by atoms with E-state index < -0.39 is 12.1 Å². The highest BCUT2D eigenvalue weighted by Crippen LogP contribution is 2.26. The van der Waals surface area contributed by atoms with Gasteiger partial charge in [-0.2, -0.15) is 0 Å². The van der Waals surface area contributed by atoms with Crippen LogP contribution in [0.5, 0.6) is 0 Å². The number of aromatic nitrogens is 1. The second-order valence-corrected chi connectivity index (χ2v) is 7.64. The summed E-state index contributed by atoms with van der Waals surface area (Å²) in [4.78, 5) is 31.2. The Morgan fingerprint density at radius 2 is 1.77 bits per heavy atom. The summed E-state index contributed by atoms with van der Waals surface area (Å²) in [7, 11) is 0. The summed E-state index contributed by atoms with van der Waals surface area (Å²) in [6.07, 6.45) is 0.921. The Bertz CT molecular complexity index is 976. The smallest absolute Gasteiger partial charge is 0.410 e. The van der Waals surface area contributed by atoms with Crippen molar-refractivity contribution in [1.29, 1.82) is 0 Å². The summed E-state index contributed by atoms with van der Waals surface area (Å²) in [6.45, 7) is 4.70. The van der Waals surface area contributed by atoms with Crippen LogP contribution in [0.4, 0.5) is 9.93 Å². The van der Waals surface area contributed by atoms with Gasteiger partial charge in [0.15, 0.2) is 5.13 Å². The van der Waals surface area contributed by atoms with Crippen LogP contribution in [0.3, 0.4) is 0 Å². The molecule has 3 aromatic rings. The molecule has 1 aromatic heterocycles. The lowest BCUT2D eigenvalue weighted by atomic mass is 10.2. The maximum atomic E-state index is 12.8. The molecule has 1 aliphatic rings. The van der Waals surface area contributed by atoms with Crippen molar-refractivity contribution in [2.24, 2.45) is 0 Å². The predicted octanol–water partition coefficient (Wildman–Crippen LogP) is 5.58. The number of anilines is 1. The van der Waals surface area contributed by atoms with Crippen molar-refractivity contribution in [2.45, 2.75) is 39.3 Å². The Morgan fingerprint density at radius 1 is 1.10 bits per heavy atom. The maximum absolute atomic E-state index is 12.8. The van der Waals surface area contributed by atoms with E-state index in [1.807, 2.05) is 79.9 Å². The zero-order chi connectivity index (χ0) is 22.1. The number of thiazole rings is 1. The normalized spacial score (nSPS) is 15.0. The minimum Gasteiger partial charge on any atom is -0.445 e. The largest absolute Gasteiger partial charge is 0.445 e. The fraction of sp³-hybridized carbons (Fsp3) is 0.292. The molecule has 162 valence electrons. The molecule has 4 rings (SSSR count). The second-order valence-electron chi connectivity index (χ2n) is 6.78. The van der Waals surface area contributed by atoms with Gasteiger partial charge < -0.3 is 10.1 Å². The van der Waals surface area contributed by atoms with Gasteiger partial charge in [0.1, 0.15) is 12.6 Å². The first-order chi connectivity index (χ1) is 15.2. The van der Waals surface area contributed by atoms with E-state index in [1.165, 1.54) is 16.2 Å². The molecule has 2 aromatic carbocycles. The summed E-state index contributed by atoms with van der Waals surface area (Å²) in [5.41, 5.74) is 2.73. The molecule has 1 atom stereocenters. The van der Waals surface area contributed by atoms with Gasteiger partial charge in [-0.3, -0.25) is 9.69 Å². The summed E-state index contributed by atoms with van der Waals surface area (Å²) in [6, 6.07) is 18.8. The number of hydrogen-bond donors (Lipinski definition) is 1. The minimum absolute atomic E-state index is 0.192. The molecule has 0 saturated carbocycles. The molecule has 2 amide bonds. The third-order valence-corrected chi connectivity index (χ3v) is 5.56. The molecule has 7 heteroatoms. The van der Waals surface area contributed by atoms with Crippen molar-refractivity contribution < 1.29 is 14.3 Å². The number of carbonyl (C=O) groups excluding carboxylic acids is 2. The maximum Gasteiger partial charge on any atom is 0.410 e. The molecule has 6 nitrogen and oxygen atoms in total. The fourth-order valence-electron chi connectivity index (χ4n) is 3.32. The third kappa shape index (κ3) is 5.92. The molecule has 0 bridgehead atoms. The number of benzene rings is 2. The lowest BCUT2D eigenvalue weighted by molar-refractivity contribution is -0.120. The zero-order valence-corrected chi connectivity index (χ0v) is 18.6. The van der Waals surface area contributed by atoms with Crippen molar-refractivity contribution >= 4 is 28.5 Å². The molecule has 2 heterocycles. The van der Waals surface area contributed by atoms with E-state index in [4.69, 9.17) is 4.74 Å². The quantitative estimate of drug-likeness (QED) is 0.566. The van der Waals surface area contributed by atoms with Crippen LogP contribution in [0.15, 0.2) is 66.0 Å². The molecule has 1 aliphatic heterocycles. The second kappa shape index (κ2) is 11.3. The average Bonchev–Trinajstić information content (AvgIpc) is 3.50. The monoisotopic (exact) mass is 437 g/mol. The Morgan fingerprint density at radius 3 is 2.48 bits per heavy atom. The fourth-order valence-corrected chi connectivity index (χ4v) is 4.04. The van der Waals surface area contributed by atoms with Gasteiger partial charge in [0.05, 0.1) is 5.69 Å². The average molecular weight is 438 g/mol.